The van der Waals surface area contributed by atoms with Gasteiger partial charge in [-0.1, -0.05) is 45.0 Å². The summed E-state index contributed by atoms with van der Waals surface area (Å²) in [5.74, 6) is -0.847. The smallest absolute Gasteiger partial charge is 0.388 e. The summed E-state index contributed by atoms with van der Waals surface area (Å²) in [7, 11) is -3.77. The number of halogens is 2. The number of aryl methyl sites for hydroxylation is 1. The van der Waals surface area contributed by atoms with Gasteiger partial charge in [0.15, 0.2) is 0 Å². The molecule has 2 heterocycles. The van der Waals surface area contributed by atoms with Crippen molar-refractivity contribution in [1.29, 1.82) is 0 Å². The highest BCUT2D eigenvalue weighted by Gasteiger charge is 2.55. The highest BCUT2D eigenvalue weighted by molar-refractivity contribution is 7.87. The monoisotopic (exact) mass is 496 g/mol. The molecule has 0 radical (unpaired) electrons. The van der Waals surface area contributed by atoms with E-state index in [4.69, 9.17) is 0 Å². The fraction of sp³-hybridized carbons (Fsp3) is 0.478. The molecule has 3 rings (SSSR count). The minimum Gasteiger partial charge on any atom is -0.415 e. The topological polar surface area (TPSA) is 101 Å². The molecule has 34 heavy (non-hydrogen) atoms. The van der Waals surface area contributed by atoms with E-state index in [1.807, 2.05) is 39.0 Å². The quantitative estimate of drug-likeness (QED) is 0.524. The fourth-order valence-corrected chi connectivity index (χ4v) is 5.39. The van der Waals surface area contributed by atoms with E-state index >= 15 is 0 Å². The Morgan fingerprint density at radius 3 is 2.50 bits per heavy atom. The number of rotatable bonds is 10. The van der Waals surface area contributed by atoms with Crippen molar-refractivity contribution in [1.82, 2.24) is 14.0 Å². The van der Waals surface area contributed by atoms with Crippen LogP contribution in [0.5, 0.6) is 5.88 Å². The van der Waals surface area contributed by atoms with Gasteiger partial charge >= 0.3 is 6.61 Å². The van der Waals surface area contributed by atoms with Gasteiger partial charge in [0.2, 0.25) is 11.8 Å². The maximum atomic E-state index is 13.7. The summed E-state index contributed by atoms with van der Waals surface area (Å²) in [5, 5.41) is 2.66. The van der Waals surface area contributed by atoms with Gasteiger partial charge in [0, 0.05) is 25.3 Å². The van der Waals surface area contributed by atoms with Crippen molar-refractivity contribution in [3.05, 3.63) is 53.2 Å². The molecule has 0 aliphatic carbocycles. The Morgan fingerprint density at radius 1 is 1.21 bits per heavy atom. The molecule has 0 bridgehead atoms. The van der Waals surface area contributed by atoms with Crippen LogP contribution in [0.4, 0.5) is 14.5 Å². The van der Waals surface area contributed by atoms with Crippen LogP contribution < -0.4 is 14.8 Å². The van der Waals surface area contributed by atoms with Crippen LogP contribution in [0.15, 0.2) is 36.4 Å². The Bertz CT molecular complexity index is 1140. The number of benzene rings is 1. The van der Waals surface area contributed by atoms with Crippen LogP contribution >= 0.6 is 0 Å². The fourth-order valence-electron chi connectivity index (χ4n) is 3.96. The molecule has 1 aromatic heterocycles. The second-order valence-electron chi connectivity index (χ2n) is 8.63. The molecule has 1 aliphatic rings. The van der Waals surface area contributed by atoms with E-state index in [2.05, 4.69) is 19.8 Å². The number of pyridine rings is 1. The lowest BCUT2D eigenvalue weighted by Crippen LogP contribution is -2.68. The van der Waals surface area contributed by atoms with E-state index in [-0.39, 0.29) is 31.2 Å². The van der Waals surface area contributed by atoms with Crippen LogP contribution in [0.3, 0.4) is 0 Å². The molecule has 0 atom stereocenters. The Labute approximate surface area is 198 Å². The SMILES string of the molecule is CCCNS(=O)(=O)N1CC(C(=O)Nc2ccc(C)nc2OC(F)F)(c2ccccc2C(C)C)C1. The number of anilines is 1. The third-order valence-electron chi connectivity index (χ3n) is 5.75. The Hall–Kier alpha value is -2.63. The molecule has 1 saturated heterocycles. The maximum Gasteiger partial charge on any atom is 0.388 e. The first-order valence-corrected chi connectivity index (χ1v) is 12.5. The van der Waals surface area contributed by atoms with Crippen molar-refractivity contribution >= 4 is 21.8 Å². The number of hydrogen-bond acceptors (Lipinski definition) is 5. The largest absolute Gasteiger partial charge is 0.415 e. The summed E-state index contributed by atoms with van der Waals surface area (Å²) in [6, 6.07) is 10.4. The molecule has 1 aromatic carbocycles. The minimum absolute atomic E-state index is 0.0114. The number of carbonyl (C=O) groups excluding carboxylic acids is 1. The van der Waals surface area contributed by atoms with Crippen molar-refractivity contribution in [2.45, 2.75) is 52.1 Å². The van der Waals surface area contributed by atoms with Crippen molar-refractivity contribution in [2.24, 2.45) is 0 Å². The van der Waals surface area contributed by atoms with Crippen LogP contribution in [0.1, 0.15) is 49.9 Å². The van der Waals surface area contributed by atoms with Crippen LogP contribution in [-0.2, 0) is 20.4 Å². The molecule has 1 amide bonds. The lowest BCUT2D eigenvalue weighted by molar-refractivity contribution is -0.125. The zero-order chi connectivity index (χ0) is 25.1. The van der Waals surface area contributed by atoms with Gasteiger partial charge in [-0.25, -0.2) is 9.71 Å². The average Bonchev–Trinajstić information content (AvgIpc) is 2.73. The van der Waals surface area contributed by atoms with Gasteiger partial charge in [0.25, 0.3) is 10.2 Å². The second-order valence-corrected chi connectivity index (χ2v) is 10.4. The number of carbonyl (C=O) groups is 1. The van der Waals surface area contributed by atoms with Crippen molar-refractivity contribution in [3.63, 3.8) is 0 Å². The van der Waals surface area contributed by atoms with E-state index in [1.165, 1.54) is 10.4 Å². The number of amides is 1. The Balaban J connectivity index is 1.99. The molecule has 1 fully saturated rings. The Morgan fingerprint density at radius 2 is 1.88 bits per heavy atom. The molecule has 186 valence electrons. The van der Waals surface area contributed by atoms with E-state index in [9.17, 15) is 22.0 Å². The van der Waals surface area contributed by atoms with Crippen LogP contribution in [0.2, 0.25) is 0 Å². The summed E-state index contributed by atoms with van der Waals surface area (Å²) < 4.78 is 59.4. The summed E-state index contributed by atoms with van der Waals surface area (Å²) in [4.78, 5) is 17.6. The molecule has 8 nitrogen and oxygen atoms in total. The summed E-state index contributed by atoms with van der Waals surface area (Å²) >= 11 is 0. The normalized spacial score (nSPS) is 15.9. The zero-order valence-electron chi connectivity index (χ0n) is 19.6. The molecule has 2 aromatic rings. The van der Waals surface area contributed by atoms with Gasteiger partial charge in [0.05, 0.1) is 0 Å². The number of ether oxygens (including phenoxy) is 1. The van der Waals surface area contributed by atoms with Crippen molar-refractivity contribution < 1.29 is 26.7 Å². The predicted molar refractivity (Wildman–Crippen MR) is 125 cm³/mol. The highest BCUT2D eigenvalue weighted by atomic mass is 32.2. The average molecular weight is 497 g/mol. The maximum absolute atomic E-state index is 13.7. The van der Waals surface area contributed by atoms with E-state index in [0.717, 1.165) is 5.56 Å². The third kappa shape index (κ3) is 5.37. The molecule has 11 heteroatoms. The summed E-state index contributed by atoms with van der Waals surface area (Å²) in [6.45, 7) is 4.42. The third-order valence-corrected chi connectivity index (χ3v) is 7.26. The summed E-state index contributed by atoms with van der Waals surface area (Å²) in [5.41, 5.74) is 0.816. The second kappa shape index (κ2) is 10.3. The lowest BCUT2D eigenvalue weighted by atomic mass is 9.71. The molecule has 0 saturated carbocycles. The molecular weight excluding hydrogens is 466 g/mol. The number of nitrogens with one attached hydrogen (secondary N) is 2. The van der Waals surface area contributed by atoms with Gasteiger partial charge in [-0.2, -0.15) is 21.5 Å². The van der Waals surface area contributed by atoms with E-state index < -0.39 is 34.0 Å². The molecule has 2 N–H and O–H groups in total. The van der Waals surface area contributed by atoms with Gasteiger partial charge in [-0.15, -0.1) is 0 Å². The molecule has 0 unspecified atom stereocenters. The highest BCUT2D eigenvalue weighted by Crippen LogP contribution is 2.41. The molecule has 0 spiro atoms. The summed E-state index contributed by atoms with van der Waals surface area (Å²) in [6.07, 6.45) is 0.627. The standard InChI is InChI=1S/C23H30F2N4O4S/c1-5-12-26-34(31,32)29-13-23(14-29,18-9-7-6-8-17(18)15(2)3)21(30)28-19-11-10-16(4)27-20(19)33-22(24)25/h6-11,15,22,26H,5,12-14H2,1-4H3,(H,28,30). The molecule has 1 aliphatic heterocycles. The van der Waals surface area contributed by atoms with Crippen molar-refractivity contribution in [3.8, 4) is 5.88 Å². The van der Waals surface area contributed by atoms with Gasteiger partial charge in [0.1, 0.15) is 11.1 Å². The zero-order valence-corrected chi connectivity index (χ0v) is 20.5. The van der Waals surface area contributed by atoms with E-state index in [0.29, 0.717) is 17.7 Å². The molecular formula is C23H30F2N4O4S. The lowest BCUT2D eigenvalue weighted by Gasteiger charge is -2.48. The van der Waals surface area contributed by atoms with Crippen LogP contribution in [0, 0.1) is 6.92 Å². The van der Waals surface area contributed by atoms with Gasteiger partial charge < -0.3 is 10.1 Å². The number of aromatic nitrogens is 1. The first-order chi connectivity index (χ1) is 16.0. The van der Waals surface area contributed by atoms with Crippen LogP contribution in [-0.4, -0.2) is 49.9 Å². The first kappa shape index (κ1) is 26.0. The van der Waals surface area contributed by atoms with Gasteiger partial charge in [-0.3, -0.25) is 4.79 Å². The number of alkyl halides is 2. The first-order valence-electron chi connectivity index (χ1n) is 11.1. The van der Waals surface area contributed by atoms with E-state index in [1.54, 1.807) is 19.1 Å². The minimum atomic E-state index is -3.77. The van der Waals surface area contributed by atoms with Crippen LogP contribution in [0.25, 0.3) is 0 Å². The number of nitrogens with zero attached hydrogens (tertiary/aromatic N) is 2. The number of hydrogen-bond donors (Lipinski definition) is 2. The predicted octanol–water partition coefficient (Wildman–Crippen LogP) is 3.55. The van der Waals surface area contributed by atoms with Crippen molar-refractivity contribution in [2.75, 3.05) is 25.0 Å². The van der Waals surface area contributed by atoms with Gasteiger partial charge in [-0.05, 0) is 42.5 Å². The Kier molecular flexibility index (Phi) is 7.89.